The highest BCUT2D eigenvalue weighted by molar-refractivity contribution is 5.85. The first kappa shape index (κ1) is 21.3. The van der Waals surface area contributed by atoms with Crippen molar-refractivity contribution < 1.29 is 10.2 Å². The highest BCUT2D eigenvalue weighted by Crippen LogP contribution is 2.14. The van der Waals surface area contributed by atoms with Crippen LogP contribution in [0.3, 0.4) is 0 Å². The summed E-state index contributed by atoms with van der Waals surface area (Å²) in [4.78, 5) is 0. The molecular formula is C15H31ClN4O2. The number of aliphatic hydroxyl groups is 2. The Bertz CT molecular complexity index is 383. The molecule has 0 radical (unpaired) electrons. The summed E-state index contributed by atoms with van der Waals surface area (Å²) in [6, 6.07) is 0. The lowest BCUT2D eigenvalue weighted by atomic mass is 10.0. The van der Waals surface area contributed by atoms with Gasteiger partial charge in [0.25, 0.3) is 0 Å². The van der Waals surface area contributed by atoms with Crippen LogP contribution in [0.4, 0.5) is 0 Å². The van der Waals surface area contributed by atoms with Crippen LogP contribution in [-0.2, 0) is 12.1 Å². The van der Waals surface area contributed by atoms with Crippen LogP contribution >= 0.6 is 12.4 Å². The van der Waals surface area contributed by atoms with E-state index in [2.05, 4.69) is 17.2 Å². The van der Waals surface area contributed by atoms with Crippen molar-refractivity contribution in [3.63, 3.8) is 0 Å². The van der Waals surface area contributed by atoms with Crippen molar-refractivity contribution in [1.29, 1.82) is 0 Å². The molecule has 0 aliphatic rings. The summed E-state index contributed by atoms with van der Waals surface area (Å²) < 4.78 is 1.74. The summed E-state index contributed by atoms with van der Waals surface area (Å²) >= 11 is 0. The fraction of sp³-hybridized carbons (Fsp3) is 0.867. The molecule has 0 saturated heterocycles. The first-order valence-electron chi connectivity index (χ1n) is 8.07. The first-order chi connectivity index (χ1) is 10.2. The predicted octanol–water partition coefficient (Wildman–Crippen LogP) is 1.98. The van der Waals surface area contributed by atoms with Gasteiger partial charge in [-0.25, -0.2) is 0 Å². The van der Waals surface area contributed by atoms with Crippen LogP contribution in [0, 0.1) is 0 Å². The fourth-order valence-electron chi connectivity index (χ4n) is 2.26. The fourth-order valence-corrected chi connectivity index (χ4v) is 2.26. The third kappa shape index (κ3) is 7.05. The van der Waals surface area contributed by atoms with Gasteiger partial charge in [-0.2, -0.15) is 0 Å². The molecule has 1 aromatic rings. The third-order valence-corrected chi connectivity index (χ3v) is 3.85. The largest absolute Gasteiger partial charge is 0.394 e. The Morgan fingerprint density at radius 1 is 1.05 bits per heavy atom. The Morgan fingerprint density at radius 3 is 2.14 bits per heavy atom. The Morgan fingerprint density at radius 2 is 1.59 bits per heavy atom. The maximum Gasteiger partial charge on any atom is 0.109 e. The molecule has 0 aromatic carbocycles. The Balaban J connectivity index is 0.00000441. The highest BCUT2D eigenvalue weighted by Gasteiger charge is 2.29. The Kier molecular flexibility index (Phi) is 11.5. The number of aliphatic hydroxyl groups excluding tert-OH is 2. The highest BCUT2D eigenvalue weighted by atomic mass is 35.5. The summed E-state index contributed by atoms with van der Waals surface area (Å²) in [5.41, 5.74) is 5.09. The van der Waals surface area contributed by atoms with Crippen LogP contribution in [0.15, 0.2) is 6.20 Å². The summed E-state index contributed by atoms with van der Waals surface area (Å²) in [5, 5.41) is 26.4. The molecule has 6 nitrogen and oxygen atoms in total. The number of aryl methyl sites for hydroxylation is 1. The van der Waals surface area contributed by atoms with Gasteiger partial charge in [-0.3, -0.25) is 4.68 Å². The number of unbranched alkanes of at least 4 members (excludes halogenated alkanes) is 7. The molecule has 1 aromatic heterocycles. The van der Waals surface area contributed by atoms with Crippen LogP contribution in [0.25, 0.3) is 0 Å². The maximum absolute atomic E-state index is 9.22. The van der Waals surface area contributed by atoms with Gasteiger partial charge < -0.3 is 15.9 Å². The number of halogens is 1. The van der Waals surface area contributed by atoms with Crippen molar-refractivity contribution in [2.24, 2.45) is 5.73 Å². The zero-order valence-electron chi connectivity index (χ0n) is 13.6. The van der Waals surface area contributed by atoms with Crippen molar-refractivity contribution >= 4 is 12.4 Å². The van der Waals surface area contributed by atoms with E-state index in [1.54, 1.807) is 10.9 Å². The molecule has 130 valence electrons. The third-order valence-electron chi connectivity index (χ3n) is 3.85. The zero-order valence-corrected chi connectivity index (χ0v) is 14.4. The van der Waals surface area contributed by atoms with Gasteiger partial charge in [-0.15, -0.1) is 17.5 Å². The summed E-state index contributed by atoms with van der Waals surface area (Å²) in [6.07, 6.45) is 11.9. The van der Waals surface area contributed by atoms with Gasteiger partial charge in [-0.1, -0.05) is 57.1 Å². The lowest BCUT2D eigenvalue weighted by Crippen LogP contribution is -2.44. The lowest BCUT2D eigenvalue weighted by molar-refractivity contribution is 0.118. The first-order valence-corrected chi connectivity index (χ1v) is 8.07. The Labute approximate surface area is 139 Å². The molecule has 0 atom stereocenters. The molecule has 0 unspecified atom stereocenters. The second-order valence-electron chi connectivity index (χ2n) is 5.81. The quantitative estimate of drug-likeness (QED) is 0.508. The monoisotopic (exact) mass is 334 g/mol. The van der Waals surface area contributed by atoms with Gasteiger partial charge >= 0.3 is 0 Å². The molecule has 0 saturated carbocycles. The average Bonchev–Trinajstić information content (AvgIpc) is 2.98. The Hall–Kier alpha value is -0.690. The molecule has 7 heteroatoms. The number of aromatic nitrogens is 3. The maximum atomic E-state index is 9.22. The van der Waals surface area contributed by atoms with Crippen molar-refractivity contribution in [2.75, 3.05) is 13.2 Å². The van der Waals surface area contributed by atoms with Crippen LogP contribution in [-0.4, -0.2) is 38.4 Å². The number of hydrogen-bond donors (Lipinski definition) is 3. The molecule has 4 N–H and O–H groups in total. The van der Waals surface area contributed by atoms with Gasteiger partial charge in [0.2, 0.25) is 0 Å². The molecule has 22 heavy (non-hydrogen) atoms. The van der Waals surface area contributed by atoms with E-state index in [0.29, 0.717) is 5.69 Å². The molecular weight excluding hydrogens is 304 g/mol. The number of nitrogens with two attached hydrogens (primary N) is 1. The van der Waals surface area contributed by atoms with E-state index < -0.39 is 5.54 Å². The average molecular weight is 335 g/mol. The number of hydrogen-bond acceptors (Lipinski definition) is 5. The molecule has 0 bridgehead atoms. The van der Waals surface area contributed by atoms with E-state index in [0.717, 1.165) is 13.0 Å². The minimum atomic E-state index is -1.20. The molecule has 0 fully saturated rings. The van der Waals surface area contributed by atoms with Crippen LogP contribution < -0.4 is 5.73 Å². The predicted molar refractivity (Wildman–Crippen MR) is 89.9 cm³/mol. The van der Waals surface area contributed by atoms with Gasteiger partial charge in [0, 0.05) is 6.54 Å². The number of rotatable bonds is 12. The van der Waals surface area contributed by atoms with Crippen LogP contribution in [0.2, 0.25) is 0 Å². The number of nitrogens with zero attached hydrogens (tertiary/aromatic N) is 3. The summed E-state index contributed by atoms with van der Waals surface area (Å²) in [7, 11) is 0. The minimum absolute atomic E-state index is 0. The van der Waals surface area contributed by atoms with Gasteiger partial charge in [0.15, 0.2) is 0 Å². The van der Waals surface area contributed by atoms with E-state index in [9.17, 15) is 10.2 Å². The van der Waals surface area contributed by atoms with Gasteiger partial charge in [-0.05, 0) is 6.42 Å². The molecule has 1 rings (SSSR count). The standard InChI is InChI=1S/C15H30N4O2.ClH/c1-2-3-4-5-6-7-8-9-10-19-11-14(17-18-19)15(16,12-20)13-21;/h11,20-21H,2-10,12-13,16H2,1H3;1H. The molecule has 0 aliphatic heterocycles. The van der Waals surface area contributed by atoms with Crippen molar-refractivity contribution in [2.45, 2.75) is 70.4 Å². The smallest absolute Gasteiger partial charge is 0.109 e. The van der Waals surface area contributed by atoms with E-state index in [-0.39, 0.29) is 25.6 Å². The van der Waals surface area contributed by atoms with Gasteiger partial charge in [0.1, 0.15) is 11.2 Å². The normalized spacial score (nSPS) is 11.5. The molecule has 0 aliphatic carbocycles. The van der Waals surface area contributed by atoms with Gasteiger partial charge in [0.05, 0.1) is 19.4 Å². The minimum Gasteiger partial charge on any atom is -0.394 e. The van der Waals surface area contributed by atoms with Crippen LogP contribution in [0.1, 0.15) is 64.0 Å². The lowest BCUT2D eigenvalue weighted by Gasteiger charge is -2.20. The van der Waals surface area contributed by atoms with E-state index in [1.165, 1.54) is 44.9 Å². The van der Waals surface area contributed by atoms with Crippen LogP contribution in [0.5, 0.6) is 0 Å². The van der Waals surface area contributed by atoms with Crippen molar-refractivity contribution in [3.8, 4) is 0 Å². The van der Waals surface area contributed by atoms with Crippen molar-refractivity contribution in [1.82, 2.24) is 15.0 Å². The summed E-state index contributed by atoms with van der Waals surface area (Å²) in [5.74, 6) is 0. The zero-order chi connectivity index (χ0) is 15.6. The second-order valence-corrected chi connectivity index (χ2v) is 5.81. The van der Waals surface area contributed by atoms with E-state index >= 15 is 0 Å². The topological polar surface area (TPSA) is 97.2 Å². The molecule has 0 amide bonds. The van der Waals surface area contributed by atoms with E-state index in [1.807, 2.05) is 0 Å². The van der Waals surface area contributed by atoms with Crippen molar-refractivity contribution in [3.05, 3.63) is 11.9 Å². The second kappa shape index (κ2) is 11.8. The molecule has 1 heterocycles. The summed E-state index contributed by atoms with van der Waals surface area (Å²) in [6.45, 7) is 2.34. The van der Waals surface area contributed by atoms with E-state index in [4.69, 9.17) is 5.73 Å². The SMILES string of the molecule is CCCCCCCCCCn1cc(C(N)(CO)CO)nn1.Cl. The molecule has 0 spiro atoms.